The van der Waals surface area contributed by atoms with Crippen LogP contribution in [0.4, 0.5) is 10.5 Å². The lowest BCUT2D eigenvalue weighted by atomic mass is 10.2. The summed E-state index contributed by atoms with van der Waals surface area (Å²) in [5.41, 5.74) is 1.49. The van der Waals surface area contributed by atoms with E-state index in [4.69, 9.17) is 9.47 Å². The zero-order valence-electron chi connectivity index (χ0n) is 13.8. The second kappa shape index (κ2) is 9.11. The molecule has 0 saturated carbocycles. The highest BCUT2D eigenvalue weighted by Gasteiger charge is 2.05. The number of amides is 2. The van der Waals surface area contributed by atoms with Gasteiger partial charge in [0.15, 0.2) is 0 Å². The molecule has 2 N–H and O–H groups in total. The predicted molar refractivity (Wildman–Crippen MR) is 94.5 cm³/mol. The molecule has 2 rings (SSSR count). The molecule has 0 aliphatic rings. The topological polar surface area (TPSA) is 59.6 Å². The molecule has 2 amide bonds. The first-order valence-corrected chi connectivity index (χ1v) is 7.62. The van der Waals surface area contributed by atoms with Crippen LogP contribution in [0.5, 0.6) is 11.5 Å². The van der Waals surface area contributed by atoms with Crippen LogP contribution in [-0.4, -0.2) is 26.3 Å². The molecule has 124 valence electrons. The maximum Gasteiger partial charge on any atom is 0.320 e. The Kier molecular flexibility index (Phi) is 6.54. The predicted octanol–water partition coefficient (Wildman–Crippen LogP) is 3.27. The first-order chi connectivity index (χ1) is 11.7. The van der Waals surface area contributed by atoms with E-state index in [0.29, 0.717) is 18.0 Å². The minimum Gasteiger partial charge on any atom is -0.497 e. The van der Waals surface area contributed by atoms with Crippen LogP contribution in [0.2, 0.25) is 0 Å². The molecule has 0 saturated heterocycles. The number of carbonyl (C=O) groups excluding carboxylic acids is 1. The van der Waals surface area contributed by atoms with Gasteiger partial charge in [0.25, 0.3) is 0 Å². The van der Waals surface area contributed by atoms with E-state index in [1.807, 2.05) is 49.4 Å². The van der Waals surface area contributed by atoms with Crippen molar-refractivity contribution in [2.45, 2.75) is 6.92 Å². The Balaban J connectivity index is 1.84. The summed E-state index contributed by atoms with van der Waals surface area (Å²) in [7, 11) is 1.62. The van der Waals surface area contributed by atoms with Crippen LogP contribution in [0.1, 0.15) is 12.5 Å². The highest BCUT2D eigenvalue weighted by Crippen LogP contribution is 2.23. The molecule has 0 aromatic heterocycles. The van der Waals surface area contributed by atoms with Crippen LogP contribution >= 0.6 is 0 Å². The zero-order valence-corrected chi connectivity index (χ0v) is 13.8. The number of ether oxygens (including phenoxy) is 2. The molecule has 0 aliphatic carbocycles. The lowest BCUT2D eigenvalue weighted by molar-refractivity contribution is 0.253. The molecule has 0 bridgehead atoms. The number of hydrogen-bond donors (Lipinski definition) is 2. The standard InChI is InChI=1S/C19H20N2O3/c1-3-24-18-9-5-4-8-17(18)21-19(22)20-14-6-7-15-10-12-16(23-2)13-11-15/h4-5,8-13H,3,14H2,1-2H3,(H2,20,21,22). The normalized spacial score (nSPS) is 9.42. The SMILES string of the molecule is CCOc1ccccc1NC(=O)NCC#Cc1ccc(OC)cc1. The van der Waals surface area contributed by atoms with Gasteiger partial charge in [0, 0.05) is 5.56 Å². The van der Waals surface area contributed by atoms with Crippen LogP contribution < -0.4 is 20.1 Å². The van der Waals surface area contributed by atoms with E-state index in [9.17, 15) is 4.79 Å². The van der Waals surface area contributed by atoms with Gasteiger partial charge in [-0.25, -0.2) is 4.79 Å². The number of carbonyl (C=O) groups is 1. The summed E-state index contributed by atoms with van der Waals surface area (Å²) in [6, 6.07) is 14.4. The summed E-state index contributed by atoms with van der Waals surface area (Å²) in [5, 5.41) is 5.44. The monoisotopic (exact) mass is 324 g/mol. The Morgan fingerprint density at radius 1 is 1.12 bits per heavy atom. The Bertz CT molecular complexity index is 730. The number of methoxy groups -OCH3 is 1. The van der Waals surface area contributed by atoms with Gasteiger partial charge in [-0.3, -0.25) is 0 Å². The molecular weight excluding hydrogens is 304 g/mol. The number of nitrogens with one attached hydrogen (secondary N) is 2. The largest absolute Gasteiger partial charge is 0.497 e. The number of rotatable bonds is 5. The van der Waals surface area contributed by atoms with Crippen molar-refractivity contribution < 1.29 is 14.3 Å². The smallest absolute Gasteiger partial charge is 0.320 e. The number of urea groups is 1. The van der Waals surface area contributed by atoms with Gasteiger partial charge in [-0.05, 0) is 43.3 Å². The fourth-order valence-electron chi connectivity index (χ4n) is 1.96. The van der Waals surface area contributed by atoms with E-state index < -0.39 is 0 Å². The van der Waals surface area contributed by atoms with E-state index in [0.717, 1.165) is 11.3 Å². The fourth-order valence-corrected chi connectivity index (χ4v) is 1.96. The zero-order chi connectivity index (χ0) is 17.2. The van der Waals surface area contributed by atoms with Crippen LogP contribution in [0.3, 0.4) is 0 Å². The van der Waals surface area contributed by atoms with Crippen LogP contribution in [0.25, 0.3) is 0 Å². The van der Waals surface area contributed by atoms with Gasteiger partial charge in [-0.2, -0.15) is 0 Å². The van der Waals surface area contributed by atoms with Gasteiger partial charge >= 0.3 is 6.03 Å². The van der Waals surface area contributed by atoms with Crippen molar-refractivity contribution in [2.24, 2.45) is 0 Å². The summed E-state index contributed by atoms with van der Waals surface area (Å²) >= 11 is 0. The maximum absolute atomic E-state index is 11.9. The van der Waals surface area contributed by atoms with Crippen LogP contribution in [0.15, 0.2) is 48.5 Å². The van der Waals surface area contributed by atoms with Crippen LogP contribution in [0, 0.1) is 11.8 Å². The average molecular weight is 324 g/mol. The Hall–Kier alpha value is -3.13. The number of anilines is 1. The van der Waals surface area contributed by atoms with E-state index >= 15 is 0 Å². The van der Waals surface area contributed by atoms with Gasteiger partial charge in [-0.15, -0.1) is 0 Å². The third kappa shape index (κ3) is 5.25. The maximum atomic E-state index is 11.9. The van der Waals surface area contributed by atoms with Crippen molar-refractivity contribution in [2.75, 3.05) is 25.6 Å². The average Bonchev–Trinajstić information content (AvgIpc) is 2.61. The van der Waals surface area contributed by atoms with Crippen molar-refractivity contribution in [1.29, 1.82) is 0 Å². The van der Waals surface area contributed by atoms with Crippen molar-refractivity contribution >= 4 is 11.7 Å². The van der Waals surface area contributed by atoms with E-state index in [1.54, 1.807) is 13.2 Å². The molecule has 0 atom stereocenters. The van der Waals surface area contributed by atoms with E-state index in [1.165, 1.54) is 0 Å². The molecule has 0 heterocycles. The summed E-state index contributed by atoms with van der Waals surface area (Å²) < 4.78 is 10.5. The minimum atomic E-state index is -0.328. The van der Waals surface area contributed by atoms with Crippen molar-refractivity contribution in [1.82, 2.24) is 5.32 Å². The fraction of sp³-hybridized carbons (Fsp3) is 0.211. The number of para-hydroxylation sites is 2. The molecule has 0 radical (unpaired) electrons. The van der Waals surface area contributed by atoms with Gasteiger partial charge in [0.2, 0.25) is 0 Å². The minimum absolute atomic E-state index is 0.245. The van der Waals surface area contributed by atoms with Gasteiger partial charge < -0.3 is 20.1 Å². The third-order valence-corrected chi connectivity index (χ3v) is 3.10. The molecule has 0 aliphatic heterocycles. The summed E-state index contributed by atoms with van der Waals surface area (Å²) in [6.45, 7) is 2.67. The van der Waals surface area contributed by atoms with Gasteiger partial charge in [0.05, 0.1) is 25.9 Å². The van der Waals surface area contributed by atoms with Crippen LogP contribution in [-0.2, 0) is 0 Å². The third-order valence-electron chi connectivity index (χ3n) is 3.10. The second-order valence-corrected chi connectivity index (χ2v) is 4.77. The molecule has 24 heavy (non-hydrogen) atoms. The second-order valence-electron chi connectivity index (χ2n) is 4.77. The lowest BCUT2D eigenvalue weighted by Gasteiger charge is -2.11. The van der Waals surface area contributed by atoms with Gasteiger partial charge in [0.1, 0.15) is 11.5 Å². The first-order valence-electron chi connectivity index (χ1n) is 7.62. The lowest BCUT2D eigenvalue weighted by Crippen LogP contribution is -2.29. The Labute approximate surface area is 142 Å². The van der Waals surface area contributed by atoms with E-state index in [2.05, 4.69) is 22.5 Å². The summed E-state index contributed by atoms with van der Waals surface area (Å²) in [5.74, 6) is 7.30. The Morgan fingerprint density at radius 3 is 2.58 bits per heavy atom. The van der Waals surface area contributed by atoms with E-state index in [-0.39, 0.29) is 12.6 Å². The highest BCUT2D eigenvalue weighted by atomic mass is 16.5. The van der Waals surface area contributed by atoms with Crippen molar-refractivity contribution in [3.63, 3.8) is 0 Å². The first kappa shape index (κ1) is 17.2. The molecule has 0 fully saturated rings. The highest BCUT2D eigenvalue weighted by molar-refractivity contribution is 5.91. The van der Waals surface area contributed by atoms with Crippen molar-refractivity contribution in [3.05, 3.63) is 54.1 Å². The number of hydrogen-bond acceptors (Lipinski definition) is 3. The summed E-state index contributed by atoms with van der Waals surface area (Å²) in [6.07, 6.45) is 0. The number of benzene rings is 2. The molecule has 2 aromatic carbocycles. The van der Waals surface area contributed by atoms with Gasteiger partial charge in [-0.1, -0.05) is 24.0 Å². The molecule has 0 unspecified atom stereocenters. The molecule has 2 aromatic rings. The molecule has 0 spiro atoms. The molecule has 5 nitrogen and oxygen atoms in total. The summed E-state index contributed by atoms with van der Waals surface area (Å²) in [4.78, 5) is 11.9. The molecular formula is C19H20N2O3. The molecule has 5 heteroatoms. The van der Waals surface area contributed by atoms with Crippen molar-refractivity contribution in [3.8, 4) is 23.3 Å². The quantitative estimate of drug-likeness (QED) is 0.830. The Morgan fingerprint density at radius 2 is 1.88 bits per heavy atom.